The van der Waals surface area contributed by atoms with E-state index < -0.39 is 0 Å². The Labute approximate surface area is 133 Å². The van der Waals surface area contributed by atoms with Gasteiger partial charge in [0.1, 0.15) is 5.75 Å². The van der Waals surface area contributed by atoms with Crippen molar-refractivity contribution in [3.63, 3.8) is 0 Å². The highest BCUT2D eigenvalue weighted by molar-refractivity contribution is 5.78. The Kier molecular flexibility index (Phi) is 3.57. The van der Waals surface area contributed by atoms with Crippen molar-refractivity contribution in [2.45, 2.75) is 32.2 Å². The van der Waals surface area contributed by atoms with Gasteiger partial charge in [0.2, 0.25) is 11.7 Å². The van der Waals surface area contributed by atoms with Gasteiger partial charge in [0.25, 0.3) is 0 Å². The van der Waals surface area contributed by atoms with Crippen LogP contribution in [0.1, 0.15) is 29.9 Å². The van der Waals surface area contributed by atoms with Crippen molar-refractivity contribution >= 4 is 0 Å². The summed E-state index contributed by atoms with van der Waals surface area (Å²) in [6.07, 6.45) is 3.62. The molecule has 2 aromatic rings. The molecule has 0 saturated carbocycles. The van der Waals surface area contributed by atoms with Crippen LogP contribution in [0, 0.1) is 0 Å². The van der Waals surface area contributed by atoms with E-state index in [2.05, 4.69) is 10.1 Å². The predicted octanol–water partition coefficient (Wildman–Crippen LogP) is 1.85. The normalized spacial score (nSPS) is 16.1. The third kappa shape index (κ3) is 2.23. The summed E-state index contributed by atoms with van der Waals surface area (Å²) in [5, 5.41) is 4.09. The molecular formula is C16H19N3O4. The van der Waals surface area contributed by atoms with Gasteiger partial charge in [-0.2, -0.15) is 4.98 Å². The van der Waals surface area contributed by atoms with Gasteiger partial charge in [-0.25, -0.2) is 0 Å². The Morgan fingerprint density at radius 2 is 1.83 bits per heavy atom. The molecule has 0 amide bonds. The van der Waals surface area contributed by atoms with E-state index in [1.165, 1.54) is 0 Å². The second-order valence-corrected chi connectivity index (χ2v) is 5.64. The predicted molar refractivity (Wildman–Crippen MR) is 81.8 cm³/mol. The summed E-state index contributed by atoms with van der Waals surface area (Å²) in [5.74, 6) is 3.28. The van der Waals surface area contributed by atoms with E-state index >= 15 is 0 Å². The van der Waals surface area contributed by atoms with Crippen LogP contribution in [0.15, 0.2) is 4.52 Å². The van der Waals surface area contributed by atoms with Crippen molar-refractivity contribution in [3.05, 3.63) is 17.0 Å². The summed E-state index contributed by atoms with van der Waals surface area (Å²) in [4.78, 5) is 4.39. The maximum atomic E-state index is 5.97. The van der Waals surface area contributed by atoms with E-state index in [1.807, 2.05) is 0 Å². The Balaban J connectivity index is 1.99. The van der Waals surface area contributed by atoms with Gasteiger partial charge >= 0.3 is 0 Å². The van der Waals surface area contributed by atoms with Crippen LogP contribution in [0.5, 0.6) is 17.2 Å². The van der Waals surface area contributed by atoms with Crippen LogP contribution in [0.4, 0.5) is 0 Å². The van der Waals surface area contributed by atoms with E-state index in [4.69, 9.17) is 24.5 Å². The van der Waals surface area contributed by atoms with Gasteiger partial charge in [0.05, 0.1) is 32.4 Å². The lowest BCUT2D eigenvalue weighted by Gasteiger charge is -2.29. The number of hydrogen-bond donors (Lipinski definition) is 1. The summed E-state index contributed by atoms with van der Waals surface area (Å²) >= 11 is 0. The fourth-order valence-electron chi connectivity index (χ4n) is 3.29. The molecule has 2 aliphatic rings. The van der Waals surface area contributed by atoms with Gasteiger partial charge < -0.3 is 24.5 Å². The molecule has 0 spiro atoms. The highest BCUT2D eigenvalue weighted by Gasteiger charge is 2.32. The maximum Gasteiger partial charge on any atom is 0.240 e. The van der Waals surface area contributed by atoms with Crippen LogP contribution >= 0.6 is 0 Å². The average Bonchev–Trinajstić information content (AvgIpc) is 3.08. The Bertz CT molecular complexity index is 704. The first-order chi connectivity index (χ1) is 11.3. The Morgan fingerprint density at radius 1 is 1.09 bits per heavy atom. The first kappa shape index (κ1) is 14.3. The summed E-state index contributed by atoms with van der Waals surface area (Å²) in [6, 6.07) is 0. The fourth-order valence-corrected chi connectivity index (χ4v) is 3.29. The zero-order valence-electron chi connectivity index (χ0n) is 13.1. The topological polar surface area (TPSA) is 92.6 Å². The monoisotopic (exact) mass is 317 g/mol. The quantitative estimate of drug-likeness (QED) is 0.923. The van der Waals surface area contributed by atoms with E-state index in [-0.39, 0.29) is 6.54 Å². The van der Waals surface area contributed by atoms with Crippen LogP contribution in [-0.2, 0) is 19.4 Å². The maximum absolute atomic E-state index is 5.97. The van der Waals surface area contributed by atoms with Crippen molar-refractivity contribution in [3.8, 4) is 28.6 Å². The third-order valence-electron chi connectivity index (χ3n) is 4.26. The molecule has 2 aliphatic heterocycles. The molecule has 7 nitrogen and oxygen atoms in total. The minimum absolute atomic E-state index is 0.213. The molecule has 0 unspecified atom stereocenters. The lowest BCUT2D eigenvalue weighted by Crippen LogP contribution is -2.17. The summed E-state index contributed by atoms with van der Waals surface area (Å²) in [6.45, 7) is 1.57. The molecule has 7 heteroatoms. The summed E-state index contributed by atoms with van der Waals surface area (Å²) in [5.41, 5.74) is 8.50. The average molecular weight is 317 g/mol. The van der Waals surface area contributed by atoms with Crippen molar-refractivity contribution in [2.75, 3.05) is 20.3 Å². The SMILES string of the molecule is COc1c2c(c(-c3noc(CN)n3)c3c1OCCC3)OCCC2. The second kappa shape index (κ2) is 5.73. The zero-order chi connectivity index (χ0) is 15.8. The van der Waals surface area contributed by atoms with Crippen molar-refractivity contribution in [1.82, 2.24) is 10.1 Å². The molecule has 23 heavy (non-hydrogen) atoms. The van der Waals surface area contributed by atoms with E-state index in [0.717, 1.165) is 59.6 Å². The second-order valence-electron chi connectivity index (χ2n) is 5.64. The first-order valence-electron chi connectivity index (χ1n) is 7.87. The molecule has 0 saturated heterocycles. The number of nitrogens with zero attached hydrogens (tertiary/aromatic N) is 2. The number of benzene rings is 1. The molecule has 122 valence electrons. The molecule has 1 aromatic carbocycles. The van der Waals surface area contributed by atoms with Crippen LogP contribution in [0.3, 0.4) is 0 Å². The van der Waals surface area contributed by atoms with Gasteiger partial charge in [-0.15, -0.1) is 0 Å². The van der Waals surface area contributed by atoms with Gasteiger partial charge in [0.15, 0.2) is 11.5 Å². The van der Waals surface area contributed by atoms with E-state index in [1.54, 1.807) is 7.11 Å². The number of nitrogens with two attached hydrogens (primary N) is 1. The van der Waals surface area contributed by atoms with Crippen LogP contribution in [-0.4, -0.2) is 30.5 Å². The molecule has 4 rings (SSSR count). The van der Waals surface area contributed by atoms with Crippen LogP contribution < -0.4 is 19.9 Å². The number of fused-ring (bicyclic) bond motifs is 2. The number of rotatable bonds is 3. The molecule has 2 N–H and O–H groups in total. The third-order valence-corrected chi connectivity index (χ3v) is 4.26. The lowest BCUT2D eigenvalue weighted by molar-refractivity contribution is 0.254. The minimum atomic E-state index is 0.213. The van der Waals surface area contributed by atoms with Gasteiger partial charge in [-0.1, -0.05) is 5.16 Å². The number of aromatic nitrogens is 2. The first-order valence-corrected chi connectivity index (χ1v) is 7.87. The molecule has 0 radical (unpaired) electrons. The molecular weight excluding hydrogens is 298 g/mol. The molecule has 0 atom stereocenters. The number of hydrogen-bond acceptors (Lipinski definition) is 7. The lowest BCUT2D eigenvalue weighted by atomic mass is 9.91. The molecule has 3 heterocycles. The molecule has 1 aromatic heterocycles. The zero-order valence-corrected chi connectivity index (χ0v) is 13.1. The van der Waals surface area contributed by atoms with E-state index in [0.29, 0.717) is 24.9 Å². The van der Waals surface area contributed by atoms with Gasteiger partial charge in [0, 0.05) is 11.1 Å². The van der Waals surface area contributed by atoms with Crippen molar-refractivity contribution < 1.29 is 18.7 Å². The number of ether oxygens (including phenoxy) is 3. The minimum Gasteiger partial charge on any atom is -0.492 e. The van der Waals surface area contributed by atoms with Crippen molar-refractivity contribution in [1.29, 1.82) is 0 Å². The van der Waals surface area contributed by atoms with Crippen molar-refractivity contribution in [2.24, 2.45) is 5.73 Å². The Hall–Kier alpha value is -2.28. The number of methoxy groups -OCH3 is 1. The summed E-state index contributed by atoms with van der Waals surface area (Å²) in [7, 11) is 1.67. The fraction of sp³-hybridized carbons (Fsp3) is 0.500. The Morgan fingerprint density at radius 3 is 2.52 bits per heavy atom. The van der Waals surface area contributed by atoms with Gasteiger partial charge in [-0.05, 0) is 25.7 Å². The molecule has 0 aliphatic carbocycles. The van der Waals surface area contributed by atoms with Crippen LogP contribution in [0.2, 0.25) is 0 Å². The standard InChI is InChI=1S/C16H19N3O4/c1-20-14-10-5-3-6-21-13(10)12(9-4-2-7-22-15(9)14)16-18-11(8-17)23-19-16/h2-8,17H2,1H3. The summed E-state index contributed by atoms with van der Waals surface area (Å²) < 4.78 is 22.7. The van der Waals surface area contributed by atoms with E-state index in [9.17, 15) is 0 Å². The molecule has 0 bridgehead atoms. The highest BCUT2D eigenvalue weighted by Crippen LogP contribution is 2.51. The molecule has 0 fully saturated rings. The van der Waals surface area contributed by atoms with Gasteiger partial charge in [-0.3, -0.25) is 0 Å². The highest BCUT2D eigenvalue weighted by atomic mass is 16.5. The largest absolute Gasteiger partial charge is 0.492 e. The van der Waals surface area contributed by atoms with Crippen LogP contribution in [0.25, 0.3) is 11.4 Å². The smallest absolute Gasteiger partial charge is 0.240 e.